The highest BCUT2D eigenvalue weighted by Crippen LogP contribution is 2.40. The van der Waals surface area contributed by atoms with Crippen molar-refractivity contribution in [2.24, 2.45) is 4.99 Å². The molecule has 0 unspecified atom stereocenters. The third kappa shape index (κ3) is 4.72. The predicted molar refractivity (Wildman–Crippen MR) is 129 cm³/mol. The maximum atomic E-state index is 13.1. The van der Waals surface area contributed by atoms with E-state index in [0.717, 1.165) is 29.4 Å². The van der Waals surface area contributed by atoms with E-state index < -0.39 is 0 Å². The van der Waals surface area contributed by atoms with Crippen LogP contribution in [0, 0.1) is 0 Å². The summed E-state index contributed by atoms with van der Waals surface area (Å²) >= 11 is 1.71. The third-order valence-electron chi connectivity index (χ3n) is 5.32. The van der Waals surface area contributed by atoms with Crippen LogP contribution in [0.3, 0.4) is 0 Å². The zero-order valence-corrected chi connectivity index (χ0v) is 19.3. The van der Waals surface area contributed by atoms with Gasteiger partial charge in [0.2, 0.25) is 0 Å². The fraction of sp³-hybridized carbons (Fsp3) is 0.320. The summed E-state index contributed by atoms with van der Waals surface area (Å²) in [6.07, 6.45) is 0.789. The van der Waals surface area contributed by atoms with Gasteiger partial charge < -0.3 is 15.0 Å². The molecule has 1 N–H and O–H groups in total. The number of allylic oxidation sites excluding steroid dienone is 1. The van der Waals surface area contributed by atoms with Gasteiger partial charge in [-0.25, -0.2) is 9.79 Å². The molecule has 0 aliphatic carbocycles. The Labute approximate surface area is 192 Å². The number of amides is 1. The van der Waals surface area contributed by atoms with Crippen LogP contribution >= 0.6 is 11.8 Å². The smallest absolute Gasteiger partial charge is 0.338 e. The van der Waals surface area contributed by atoms with Crippen molar-refractivity contribution in [3.63, 3.8) is 0 Å². The lowest BCUT2D eigenvalue weighted by atomic mass is 9.94. The van der Waals surface area contributed by atoms with Gasteiger partial charge in [0.15, 0.2) is 5.17 Å². The second kappa shape index (κ2) is 9.61. The van der Waals surface area contributed by atoms with Gasteiger partial charge in [-0.15, -0.1) is 0 Å². The Bertz CT molecular complexity index is 1080. The predicted octanol–water partition coefficient (Wildman–Crippen LogP) is 5.01. The summed E-state index contributed by atoms with van der Waals surface area (Å²) in [4.78, 5) is 32.6. The Balaban J connectivity index is 1.69. The fourth-order valence-electron chi connectivity index (χ4n) is 3.93. The highest BCUT2D eigenvalue weighted by Gasteiger charge is 2.38. The number of hydrogen-bond donors (Lipinski definition) is 1. The summed E-state index contributed by atoms with van der Waals surface area (Å²) in [5, 5.41) is 3.90. The van der Waals surface area contributed by atoms with E-state index in [1.807, 2.05) is 63.2 Å². The molecule has 1 amide bonds. The molecule has 2 heterocycles. The number of nitrogens with one attached hydrogen (secondary N) is 1. The summed E-state index contributed by atoms with van der Waals surface area (Å²) in [6, 6.07) is 16.5. The van der Waals surface area contributed by atoms with Crippen molar-refractivity contribution in [1.29, 1.82) is 0 Å². The zero-order valence-electron chi connectivity index (χ0n) is 18.5. The van der Waals surface area contributed by atoms with Crippen molar-refractivity contribution >= 4 is 34.5 Å². The molecule has 2 aliphatic rings. The summed E-state index contributed by atoms with van der Waals surface area (Å²) < 4.78 is 5.57. The van der Waals surface area contributed by atoms with Crippen LogP contribution in [0.15, 0.2) is 70.9 Å². The quantitative estimate of drug-likeness (QED) is 0.650. The van der Waals surface area contributed by atoms with Crippen LogP contribution in [0.1, 0.15) is 49.2 Å². The first-order valence-corrected chi connectivity index (χ1v) is 11.8. The third-order valence-corrected chi connectivity index (χ3v) is 6.39. The van der Waals surface area contributed by atoms with Crippen molar-refractivity contribution in [2.45, 2.75) is 39.3 Å². The number of benzene rings is 2. The van der Waals surface area contributed by atoms with Crippen molar-refractivity contribution < 1.29 is 14.3 Å². The number of carbonyl (C=O) groups is 2. The second-order valence-corrected chi connectivity index (χ2v) is 9.15. The molecule has 1 fully saturated rings. The molecule has 7 heteroatoms. The SMILES string of the molecule is CC1=C(C(=O)OC(C)C)[C@@H](c2cccc(NC(=O)c3ccccc3)c2)N2CCCSC2=N1. The summed E-state index contributed by atoms with van der Waals surface area (Å²) in [5.41, 5.74) is 3.42. The average molecular weight is 450 g/mol. The number of anilines is 1. The molecular weight excluding hydrogens is 422 g/mol. The molecule has 32 heavy (non-hydrogen) atoms. The van der Waals surface area contributed by atoms with E-state index in [1.165, 1.54) is 0 Å². The summed E-state index contributed by atoms with van der Waals surface area (Å²) in [7, 11) is 0. The Morgan fingerprint density at radius 1 is 1.16 bits per heavy atom. The van der Waals surface area contributed by atoms with Gasteiger partial charge in [-0.3, -0.25) is 4.79 Å². The number of fused-ring (bicyclic) bond motifs is 1. The normalized spacial score (nSPS) is 18.2. The van der Waals surface area contributed by atoms with E-state index in [9.17, 15) is 9.59 Å². The molecule has 2 aromatic carbocycles. The minimum atomic E-state index is -0.348. The zero-order chi connectivity index (χ0) is 22.7. The van der Waals surface area contributed by atoms with Crippen molar-refractivity contribution in [1.82, 2.24) is 4.90 Å². The second-order valence-electron chi connectivity index (χ2n) is 8.09. The number of ether oxygens (including phenoxy) is 1. The molecule has 2 aliphatic heterocycles. The van der Waals surface area contributed by atoms with Gasteiger partial charge in [0, 0.05) is 23.5 Å². The Morgan fingerprint density at radius 3 is 2.69 bits per heavy atom. The summed E-state index contributed by atoms with van der Waals surface area (Å²) in [6.45, 7) is 6.36. The van der Waals surface area contributed by atoms with Crippen molar-refractivity contribution in [3.8, 4) is 0 Å². The van der Waals surface area contributed by atoms with E-state index in [-0.39, 0.29) is 24.0 Å². The average Bonchev–Trinajstić information content (AvgIpc) is 2.78. The maximum Gasteiger partial charge on any atom is 0.338 e. The van der Waals surface area contributed by atoms with Crippen LogP contribution in [-0.4, -0.2) is 40.3 Å². The Hall–Kier alpha value is -3.06. The van der Waals surface area contributed by atoms with E-state index in [0.29, 0.717) is 22.5 Å². The van der Waals surface area contributed by atoms with Crippen LogP contribution in [0.4, 0.5) is 5.69 Å². The van der Waals surface area contributed by atoms with E-state index in [4.69, 9.17) is 9.73 Å². The number of rotatable bonds is 5. The van der Waals surface area contributed by atoms with Gasteiger partial charge >= 0.3 is 5.97 Å². The molecule has 0 bridgehead atoms. The number of esters is 1. The van der Waals surface area contributed by atoms with Gasteiger partial charge in [0.05, 0.1) is 23.4 Å². The molecular formula is C25H27N3O3S. The summed E-state index contributed by atoms with van der Waals surface area (Å²) in [5.74, 6) is 0.488. The Kier molecular flexibility index (Phi) is 6.65. The topological polar surface area (TPSA) is 71.0 Å². The maximum absolute atomic E-state index is 13.1. The molecule has 0 spiro atoms. The lowest BCUT2D eigenvalue weighted by molar-refractivity contribution is -0.143. The highest BCUT2D eigenvalue weighted by molar-refractivity contribution is 8.13. The van der Waals surface area contributed by atoms with Crippen LogP contribution in [-0.2, 0) is 9.53 Å². The van der Waals surface area contributed by atoms with Crippen LogP contribution in [0.2, 0.25) is 0 Å². The number of aliphatic imine (C=N–C) groups is 1. The first-order chi connectivity index (χ1) is 15.4. The van der Waals surface area contributed by atoms with E-state index in [2.05, 4.69) is 10.2 Å². The molecule has 166 valence electrons. The molecule has 0 radical (unpaired) electrons. The minimum Gasteiger partial charge on any atom is -0.459 e. The number of thioether (sulfide) groups is 1. The van der Waals surface area contributed by atoms with Gasteiger partial charge in [-0.05, 0) is 57.0 Å². The monoisotopic (exact) mass is 449 g/mol. The largest absolute Gasteiger partial charge is 0.459 e. The first-order valence-electron chi connectivity index (χ1n) is 10.8. The van der Waals surface area contributed by atoms with E-state index >= 15 is 0 Å². The molecule has 4 rings (SSSR count). The van der Waals surface area contributed by atoms with Gasteiger partial charge in [0.1, 0.15) is 0 Å². The number of hydrogen-bond acceptors (Lipinski definition) is 6. The molecule has 1 atom stereocenters. The molecule has 0 saturated carbocycles. The van der Waals surface area contributed by atoms with E-state index in [1.54, 1.807) is 23.9 Å². The minimum absolute atomic E-state index is 0.173. The van der Waals surface area contributed by atoms with Gasteiger partial charge in [-0.2, -0.15) is 0 Å². The molecule has 0 aromatic heterocycles. The first kappa shape index (κ1) is 22.1. The van der Waals surface area contributed by atoms with Crippen molar-refractivity contribution in [2.75, 3.05) is 17.6 Å². The van der Waals surface area contributed by atoms with Gasteiger partial charge in [-0.1, -0.05) is 42.1 Å². The molecule has 1 saturated heterocycles. The number of nitrogens with zero attached hydrogens (tertiary/aromatic N) is 2. The Morgan fingerprint density at radius 2 is 1.94 bits per heavy atom. The lowest BCUT2D eigenvalue weighted by Crippen LogP contribution is -2.42. The number of amidine groups is 1. The van der Waals surface area contributed by atoms with Crippen LogP contribution in [0.25, 0.3) is 0 Å². The number of carbonyl (C=O) groups excluding carboxylic acids is 2. The fourth-order valence-corrected chi connectivity index (χ4v) is 4.95. The molecule has 2 aromatic rings. The van der Waals surface area contributed by atoms with Crippen LogP contribution in [0.5, 0.6) is 0 Å². The molecule has 6 nitrogen and oxygen atoms in total. The standard InChI is InChI=1S/C25H27N3O3S/c1-16(2)31-24(30)21-17(3)26-25-28(13-8-14-32-25)22(21)19-11-7-12-20(15-19)27-23(29)18-9-5-4-6-10-18/h4-7,9-12,15-16,22H,8,13-14H2,1-3H3,(H,27,29)/t22-/m1/s1. The van der Waals surface area contributed by atoms with Gasteiger partial charge in [0.25, 0.3) is 5.91 Å². The lowest BCUT2D eigenvalue weighted by Gasteiger charge is -2.40. The van der Waals surface area contributed by atoms with Crippen LogP contribution < -0.4 is 5.32 Å². The highest BCUT2D eigenvalue weighted by atomic mass is 32.2. The van der Waals surface area contributed by atoms with Crippen molar-refractivity contribution in [3.05, 3.63) is 77.0 Å².